The van der Waals surface area contributed by atoms with E-state index in [1.54, 1.807) is 47.6 Å². The third-order valence-corrected chi connectivity index (χ3v) is 3.78. The molecule has 2 rings (SSSR count). The van der Waals surface area contributed by atoms with Crippen LogP contribution in [-0.2, 0) is 22.1 Å². The summed E-state index contributed by atoms with van der Waals surface area (Å²) < 4.78 is 45.1. The second-order valence-electron chi connectivity index (χ2n) is 7.74. The molecule has 2 heterocycles. The first-order chi connectivity index (χ1) is 11.2. The molecule has 8 heteroatoms. The van der Waals surface area contributed by atoms with Crippen LogP contribution in [0.4, 0.5) is 13.2 Å². The predicted octanol–water partition coefficient (Wildman–Crippen LogP) is 3.97. The molecule has 0 aliphatic heterocycles. The molecule has 0 bridgehead atoms. The van der Waals surface area contributed by atoms with Gasteiger partial charge in [-0.15, -0.1) is 10.2 Å². The van der Waals surface area contributed by atoms with Crippen LogP contribution in [0.1, 0.15) is 51.6 Å². The van der Waals surface area contributed by atoms with Crippen LogP contribution >= 0.6 is 0 Å². The lowest BCUT2D eigenvalue weighted by Crippen LogP contribution is -2.35. The molecule has 0 unspecified atom stereocenters. The number of esters is 1. The van der Waals surface area contributed by atoms with Crippen LogP contribution < -0.4 is 0 Å². The minimum atomic E-state index is -4.58. The summed E-state index contributed by atoms with van der Waals surface area (Å²) in [6, 6.07) is 1.56. The Bertz CT molecular complexity index is 802. The van der Waals surface area contributed by atoms with Crippen LogP contribution in [0.3, 0.4) is 0 Å². The molecule has 0 amide bonds. The summed E-state index contributed by atoms with van der Waals surface area (Å²) in [7, 11) is 0. The zero-order valence-electron chi connectivity index (χ0n) is 15.2. The summed E-state index contributed by atoms with van der Waals surface area (Å²) in [6.45, 7) is 10.5. The second kappa shape index (κ2) is 6.00. The number of carbonyl (C=O) groups is 1. The third kappa shape index (κ3) is 4.11. The fourth-order valence-electron chi connectivity index (χ4n) is 2.47. The molecule has 0 N–H and O–H groups in total. The van der Waals surface area contributed by atoms with Crippen molar-refractivity contribution < 1.29 is 22.7 Å². The minimum absolute atomic E-state index is 0.129. The highest BCUT2D eigenvalue weighted by Gasteiger charge is 2.38. The quantitative estimate of drug-likeness (QED) is 0.780. The van der Waals surface area contributed by atoms with Crippen molar-refractivity contribution in [3.63, 3.8) is 0 Å². The molecule has 2 aromatic rings. The lowest BCUT2D eigenvalue weighted by atomic mass is 9.84. The maximum absolute atomic E-state index is 12.9. The van der Waals surface area contributed by atoms with E-state index in [0.717, 1.165) is 9.96 Å². The Morgan fingerprint density at radius 1 is 1.16 bits per heavy atom. The molecular formula is C17H22F3N3O2. The number of hydrogen-bond acceptors (Lipinski definition) is 4. The summed E-state index contributed by atoms with van der Waals surface area (Å²) >= 11 is 0. The Kier molecular flexibility index (Phi) is 4.61. The van der Waals surface area contributed by atoms with Crippen molar-refractivity contribution in [1.82, 2.24) is 14.6 Å². The number of aryl methyl sites for hydroxylation is 1. The second-order valence-corrected chi connectivity index (χ2v) is 7.74. The van der Waals surface area contributed by atoms with Gasteiger partial charge in [-0.3, -0.25) is 9.20 Å². The van der Waals surface area contributed by atoms with Gasteiger partial charge < -0.3 is 4.74 Å². The fourth-order valence-corrected chi connectivity index (χ4v) is 2.47. The van der Waals surface area contributed by atoms with Crippen LogP contribution in [0.25, 0.3) is 5.65 Å². The molecule has 2 aromatic heterocycles. The highest BCUT2D eigenvalue weighted by atomic mass is 19.4. The van der Waals surface area contributed by atoms with Crippen molar-refractivity contribution in [2.75, 3.05) is 0 Å². The van der Waals surface area contributed by atoms with Crippen LogP contribution in [0.2, 0.25) is 0 Å². The molecular weight excluding hydrogens is 335 g/mol. The third-order valence-electron chi connectivity index (χ3n) is 3.78. The topological polar surface area (TPSA) is 56.5 Å². The molecule has 0 radical (unpaired) electrons. The molecule has 138 valence electrons. The van der Waals surface area contributed by atoms with E-state index in [4.69, 9.17) is 4.74 Å². The maximum atomic E-state index is 12.9. The van der Waals surface area contributed by atoms with E-state index in [2.05, 4.69) is 10.2 Å². The van der Waals surface area contributed by atoms with E-state index in [1.807, 2.05) is 0 Å². The molecule has 0 aliphatic rings. The summed E-state index contributed by atoms with van der Waals surface area (Å²) in [5.41, 5.74) is -0.0259. The van der Waals surface area contributed by atoms with E-state index < -0.39 is 23.0 Å². The van der Waals surface area contributed by atoms with Gasteiger partial charge in [-0.2, -0.15) is 13.2 Å². The molecule has 25 heavy (non-hydrogen) atoms. The molecule has 0 saturated heterocycles. The summed E-state index contributed by atoms with van der Waals surface area (Å²) in [5, 5.41) is 6.90. The average Bonchev–Trinajstić information content (AvgIpc) is 2.84. The van der Waals surface area contributed by atoms with Crippen molar-refractivity contribution >= 4 is 11.6 Å². The van der Waals surface area contributed by atoms with Crippen molar-refractivity contribution in [2.24, 2.45) is 5.41 Å². The average molecular weight is 357 g/mol. The van der Waals surface area contributed by atoms with E-state index in [9.17, 15) is 18.0 Å². The summed E-state index contributed by atoms with van der Waals surface area (Å²) in [6.07, 6.45) is -2.98. The Morgan fingerprint density at radius 2 is 1.76 bits per heavy atom. The van der Waals surface area contributed by atoms with Gasteiger partial charge in [-0.25, -0.2) is 0 Å². The van der Waals surface area contributed by atoms with Gasteiger partial charge >= 0.3 is 12.1 Å². The highest BCUT2D eigenvalue weighted by Crippen LogP contribution is 2.31. The number of ether oxygens (including phenoxy) is 1. The SMILES string of the molecule is Cc1c(CC(C)(C)C(=O)OC(C)(C)C)ccn2c(C(F)(F)F)nnc12. The number of alkyl halides is 3. The number of rotatable bonds is 3. The molecule has 0 aromatic carbocycles. The van der Waals surface area contributed by atoms with Crippen molar-refractivity contribution in [3.05, 3.63) is 29.2 Å². The van der Waals surface area contributed by atoms with Gasteiger partial charge in [0, 0.05) is 6.20 Å². The lowest BCUT2D eigenvalue weighted by molar-refractivity contribution is -0.165. The Morgan fingerprint density at radius 3 is 2.28 bits per heavy atom. The standard InChI is InChI=1S/C17H22F3N3O2/c1-10-11(9-16(5,6)14(24)25-15(2,3)4)7-8-23-12(10)21-22-13(23)17(18,19)20/h7-8H,9H2,1-6H3. The molecule has 0 fully saturated rings. The van der Waals surface area contributed by atoms with Gasteiger partial charge in [-0.05, 0) is 65.2 Å². The number of aromatic nitrogens is 3. The zero-order chi connectivity index (χ0) is 19.2. The molecule has 0 aliphatic carbocycles. The van der Waals surface area contributed by atoms with Crippen molar-refractivity contribution in [2.45, 2.75) is 59.7 Å². The van der Waals surface area contributed by atoms with Gasteiger partial charge in [0.25, 0.3) is 0 Å². The minimum Gasteiger partial charge on any atom is -0.460 e. The smallest absolute Gasteiger partial charge is 0.452 e. The first-order valence-corrected chi connectivity index (χ1v) is 7.86. The highest BCUT2D eigenvalue weighted by molar-refractivity contribution is 5.77. The zero-order valence-corrected chi connectivity index (χ0v) is 15.2. The van der Waals surface area contributed by atoms with E-state index >= 15 is 0 Å². The van der Waals surface area contributed by atoms with Crippen molar-refractivity contribution in [3.8, 4) is 0 Å². The summed E-state index contributed by atoms with van der Waals surface area (Å²) in [4.78, 5) is 12.4. The monoisotopic (exact) mass is 357 g/mol. The van der Waals surface area contributed by atoms with Crippen LogP contribution in [0.15, 0.2) is 12.3 Å². The van der Waals surface area contributed by atoms with Gasteiger partial charge in [0.1, 0.15) is 5.60 Å². The van der Waals surface area contributed by atoms with E-state index in [-0.39, 0.29) is 11.6 Å². The van der Waals surface area contributed by atoms with Gasteiger partial charge in [0.05, 0.1) is 5.41 Å². The number of halogens is 3. The number of hydrogen-bond donors (Lipinski definition) is 0. The number of nitrogens with zero attached hydrogens (tertiary/aromatic N) is 3. The largest absolute Gasteiger partial charge is 0.460 e. The van der Waals surface area contributed by atoms with E-state index in [1.165, 1.54) is 6.20 Å². The molecule has 0 spiro atoms. The maximum Gasteiger partial charge on any atom is 0.452 e. The van der Waals surface area contributed by atoms with Crippen LogP contribution in [0, 0.1) is 12.3 Å². The molecule has 0 atom stereocenters. The number of carbonyl (C=O) groups excluding carboxylic acids is 1. The Balaban J connectivity index is 2.36. The van der Waals surface area contributed by atoms with E-state index in [0.29, 0.717) is 12.0 Å². The normalized spacial score (nSPS) is 13.3. The summed E-state index contributed by atoms with van der Waals surface area (Å²) in [5.74, 6) is -1.43. The fraction of sp³-hybridized carbons (Fsp3) is 0.588. The Hall–Kier alpha value is -2.12. The lowest BCUT2D eigenvalue weighted by Gasteiger charge is -2.29. The first-order valence-electron chi connectivity index (χ1n) is 7.86. The number of pyridine rings is 1. The van der Waals surface area contributed by atoms with Crippen molar-refractivity contribution in [1.29, 1.82) is 0 Å². The first kappa shape index (κ1) is 19.2. The van der Waals surface area contributed by atoms with Crippen LogP contribution in [-0.4, -0.2) is 26.2 Å². The molecule has 5 nitrogen and oxygen atoms in total. The van der Waals surface area contributed by atoms with Gasteiger partial charge in [0.2, 0.25) is 5.82 Å². The number of fused-ring (bicyclic) bond motifs is 1. The Labute approximate surface area is 144 Å². The van der Waals surface area contributed by atoms with Gasteiger partial charge in [-0.1, -0.05) is 0 Å². The van der Waals surface area contributed by atoms with Gasteiger partial charge in [0.15, 0.2) is 5.65 Å². The van der Waals surface area contributed by atoms with Crippen LogP contribution in [0.5, 0.6) is 0 Å². The molecule has 0 saturated carbocycles. The predicted molar refractivity (Wildman–Crippen MR) is 86.1 cm³/mol.